The molecule has 5 rings (SSSR count). The van der Waals surface area contributed by atoms with E-state index in [0.29, 0.717) is 37.9 Å². The topological polar surface area (TPSA) is 72.7 Å². The van der Waals surface area contributed by atoms with Gasteiger partial charge in [0.2, 0.25) is 0 Å². The van der Waals surface area contributed by atoms with Gasteiger partial charge >= 0.3 is 0 Å². The van der Waals surface area contributed by atoms with Gasteiger partial charge in [0.1, 0.15) is 16.2 Å². The highest BCUT2D eigenvalue weighted by Gasteiger charge is 2.16. The lowest BCUT2D eigenvalue weighted by Gasteiger charge is -2.11. The van der Waals surface area contributed by atoms with Crippen molar-refractivity contribution in [2.45, 2.75) is 0 Å². The van der Waals surface area contributed by atoms with Gasteiger partial charge in [-0.05, 0) is 42.5 Å². The molecule has 5 aromatic rings. The van der Waals surface area contributed by atoms with Crippen molar-refractivity contribution in [2.75, 3.05) is 5.32 Å². The molecule has 6 nitrogen and oxygen atoms in total. The van der Waals surface area contributed by atoms with Gasteiger partial charge in [-0.15, -0.1) is 11.3 Å². The van der Waals surface area contributed by atoms with Crippen molar-refractivity contribution < 1.29 is 9.53 Å². The molecule has 2 aromatic carbocycles. The summed E-state index contributed by atoms with van der Waals surface area (Å²) in [6.45, 7) is 0. The Morgan fingerprint density at radius 2 is 1.73 bits per heavy atom. The van der Waals surface area contributed by atoms with Crippen molar-refractivity contribution in [1.82, 2.24) is 9.38 Å². The van der Waals surface area contributed by atoms with E-state index in [4.69, 9.17) is 4.74 Å². The summed E-state index contributed by atoms with van der Waals surface area (Å²) >= 11 is 1.19. The molecule has 0 atom stereocenters. The van der Waals surface area contributed by atoms with E-state index in [-0.39, 0.29) is 11.5 Å². The maximum Gasteiger partial charge on any atom is 0.266 e. The van der Waals surface area contributed by atoms with Crippen LogP contribution in [0.5, 0.6) is 11.5 Å². The number of benzene rings is 2. The normalized spacial score (nSPS) is 10.9. The molecule has 3 aromatic heterocycles. The van der Waals surface area contributed by atoms with Gasteiger partial charge in [-0.1, -0.05) is 36.4 Å². The lowest BCUT2D eigenvalue weighted by atomic mass is 10.2. The van der Waals surface area contributed by atoms with Crippen molar-refractivity contribution in [3.8, 4) is 11.5 Å². The van der Waals surface area contributed by atoms with Gasteiger partial charge in [0.15, 0.2) is 5.75 Å². The average Bonchev–Trinajstić information content (AvgIpc) is 3.21. The zero-order valence-electron chi connectivity index (χ0n) is 15.6. The van der Waals surface area contributed by atoms with Crippen molar-refractivity contribution in [3.05, 3.63) is 100 Å². The molecule has 1 amide bonds. The predicted molar refractivity (Wildman–Crippen MR) is 118 cm³/mol. The predicted octanol–water partition coefficient (Wildman–Crippen LogP) is 4.95. The molecule has 0 radical (unpaired) electrons. The summed E-state index contributed by atoms with van der Waals surface area (Å²) in [6, 6.07) is 23.5. The highest BCUT2D eigenvalue weighted by molar-refractivity contribution is 7.20. The number of carbonyl (C=O) groups is 1. The van der Waals surface area contributed by atoms with Crippen LogP contribution in [0.25, 0.3) is 15.9 Å². The molecule has 0 saturated carbocycles. The van der Waals surface area contributed by atoms with Gasteiger partial charge in [0, 0.05) is 6.20 Å². The number of nitrogens with zero attached hydrogens (tertiary/aromatic N) is 2. The second-order valence-corrected chi connectivity index (χ2v) is 7.57. The Balaban J connectivity index is 1.48. The van der Waals surface area contributed by atoms with Crippen molar-refractivity contribution in [2.24, 2.45) is 0 Å². The summed E-state index contributed by atoms with van der Waals surface area (Å²) < 4.78 is 7.37. The summed E-state index contributed by atoms with van der Waals surface area (Å²) in [5.41, 5.74) is 0.891. The van der Waals surface area contributed by atoms with Gasteiger partial charge in [0.05, 0.1) is 16.0 Å². The van der Waals surface area contributed by atoms with Crippen LogP contribution in [0.15, 0.2) is 89.9 Å². The molecule has 7 heteroatoms. The Kier molecular flexibility index (Phi) is 4.49. The molecule has 3 heterocycles. The minimum absolute atomic E-state index is 0.196. The van der Waals surface area contributed by atoms with Gasteiger partial charge in [-0.2, -0.15) is 0 Å². The number of amides is 1. The van der Waals surface area contributed by atoms with E-state index >= 15 is 0 Å². The van der Waals surface area contributed by atoms with Crippen molar-refractivity contribution in [1.29, 1.82) is 0 Å². The van der Waals surface area contributed by atoms with Gasteiger partial charge in [-0.3, -0.25) is 14.0 Å². The fourth-order valence-corrected chi connectivity index (χ4v) is 4.04. The van der Waals surface area contributed by atoms with Crippen LogP contribution in [0.4, 0.5) is 5.69 Å². The number of para-hydroxylation sites is 3. The van der Waals surface area contributed by atoms with Gasteiger partial charge in [-0.25, -0.2) is 4.98 Å². The van der Waals surface area contributed by atoms with Gasteiger partial charge < -0.3 is 10.1 Å². The number of carbonyl (C=O) groups excluding carboxylic acids is 1. The second-order valence-electron chi connectivity index (χ2n) is 6.54. The zero-order chi connectivity index (χ0) is 20.5. The smallest absolute Gasteiger partial charge is 0.266 e. The Labute approximate surface area is 175 Å². The fourth-order valence-electron chi connectivity index (χ4n) is 3.12. The first-order valence-corrected chi connectivity index (χ1v) is 10.0. The summed E-state index contributed by atoms with van der Waals surface area (Å²) in [6.07, 6.45) is 1.67. The lowest BCUT2D eigenvalue weighted by molar-refractivity contribution is 0.103. The number of thiophene rings is 1. The SMILES string of the molecule is O=C(Nc1ccccc1Oc1ccccc1)c1cc2c(=O)n3ccccc3nc2s1. The highest BCUT2D eigenvalue weighted by atomic mass is 32.1. The van der Waals surface area contributed by atoms with E-state index < -0.39 is 0 Å². The van der Waals surface area contributed by atoms with Crippen LogP contribution in [-0.2, 0) is 0 Å². The van der Waals surface area contributed by atoms with Gasteiger partial charge in [0.25, 0.3) is 11.5 Å². The maximum absolute atomic E-state index is 12.9. The molecule has 0 aliphatic rings. The number of ether oxygens (including phenoxy) is 1. The van der Waals surface area contributed by atoms with Crippen LogP contribution in [0.3, 0.4) is 0 Å². The van der Waals surface area contributed by atoms with Crippen LogP contribution >= 0.6 is 11.3 Å². The minimum atomic E-state index is -0.324. The number of anilines is 1. The molecular formula is C23H15N3O3S. The third kappa shape index (κ3) is 3.31. The van der Waals surface area contributed by atoms with Crippen molar-refractivity contribution in [3.63, 3.8) is 0 Å². The average molecular weight is 413 g/mol. The van der Waals surface area contributed by atoms with Crippen LogP contribution < -0.4 is 15.6 Å². The largest absolute Gasteiger partial charge is 0.455 e. The third-order valence-electron chi connectivity index (χ3n) is 4.55. The highest BCUT2D eigenvalue weighted by Crippen LogP contribution is 2.30. The molecule has 1 N–H and O–H groups in total. The number of hydrogen-bond acceptors (Lipinski definition) is 5. The molecule has 30 heavy (non-hydrogen) atoms. The first-order chi connectivity index (χ1) is 14.7. The number of aromatic nitrogens is 2. The first-order valence-electron chi connectivity index (χ1n) is 9.23. The minimum Gasteiger partial charge on any atom is -0.455 e. The third-order valence-corrected chi connectivity index (χ3v) is 5.57. The van der Waals surface area contributed by atoms with Crippen LogP contribution in [0.2, 0.25) is 0 Å². The quantitative estimate of drug-likeness (QED) is 0.452. The van der Waals surface area contributed by atoms with E-state index in [1.165, 1.54) is 15.7 Å². The van der Waals surface area contributed by atoms with Crippen molar-refractivity contribution >= 4 is 38.8 Å². The number of fused-ring (bicyclic) bond motifs is 2. The molecule has 0 saturated heterocycles. The van der Waals surface area contributed by atoms with Crippen LogP contribution in [0.1, 0.15) is 9.67 Å². The fraction of sp³-hybridized carbons (Fsp3) is 0. The van der Waals surface area contributed by atoms with Crippen LogP contribution in [0, 0.1) is 0 Å². The van der Waals surface area contributed by atoms with E-state index in [9.17, 15) is 9.59 Å². The lowest BCUT2D eigenvalue weighted by Crippen LogP contribution is -2.13. The molecule has 0 fully saturated rings. The molecule has 146 valence electrons. The Morgan fingerprint density at radius 3 is 2.60 bits per heavy atom. The molecule has 0 bridgehead atoms. The standard InChI is InChI=1S/C23H15N3O3S/c27-21(24-17-10-4-5-11-18(17)29-15-8-2-1-3-9-15)19-14-16-22(30-19)25-20-12-6-7-13-26(20)23(16)28/h1-14H,(H,24,27). The number of hydrogen-bond donors (Lipinski definition) is 1. The summed E-state index contributed by atoms with van der Waals surface area (Å²) in [5, 5.41) is 3.30. The van der Waals surface area contributed by atoms with E-state index in [2.05, 4.69) is 10.3 Å². The van der Waals surface area contributed by atoms with E-state index in [0.717, 1.165) is 0 Å². The first kappa shape index (κ1) is 18.1. The number of nitrogens with one attached hydrogen (secondary N) is 1. The molecular weight excluding hydrogens is 398 g/mol. The molecule has 0 aliphatic carbocycles. The monoisotopic (exact) mass is 413 g/mol. The number of pyridine rings is 1. The molecule has 0 spiro atoms. The number of rotatable bonds is 4. The Bertz CT molecular complexity index is 1440. The van der Waals surface area contributed by atoms with E-state index in [1.807, 2.05) is 48.5 Å². The van der Waals surface area contributed by atoms with E-state index in [1.54, 1.807) is 36.5 Å². The maximum atomic E-state index is 12.9. The second kappa shape index (κ2) is 7.46. The zero-order valence-corrected chi connectivity index (χ0v) is 16.4. The molecule has 0 unspecified atom stereocenters. The Hall–Kier alpha value is -3.97. The molecule has 0 aliphatic heterocycles. The summed E-state index contributed by atoms with van der Waals surface area (Å²) in [5.74, 6) is 0.877. The summed E-state index contributed by atoms with van der Waals surface area (Å²) in [7, 11) is 0. The Morgan fingerprint density at radius 1 is 0.967 bits per heavy atom. The summed E-state index contributed by atoms with van der Waals surface area (Å²) in [4.78, 5) is 31.1. The van der Waals surface area contributed by atoms with Crippen LogP contribution in [-0.4, -0.2) is 15.3 Å².